The summed E-state index contributed by atoms with van der Waals surface area (Å²) in [6, 6.07) is 0.868. The van der Waals surface area contributed by atoms with E-state index >= 15 is 0 Å². The molecule has 0 spiro atoms. The van der Waals surface area contributed by atoms with Crippen LogP contribution in [0.15, 0.2) is 0 Å². The van der Waals surface area contributed by atoms with Crippen molar-refractivity contribution in [1.29, 1.82) is 0 Å². The molecule has 1 saturated heterocycles. The number of hydrogen-bond donors (Lipinski definition) is 1. The quantitative estimate of drug-likeness (QED) is 0.842. The summed E-state index contributed by atoms with van der Waals surface area (Å²) in [6.45, 7) is 11.2. The van der Waals surface area contributed by atoms with Crippen LogP contribution in [0.1, 0.15) is 36.8 Å². The minimum atomic E-state index is 0.356. The summed E-state index contributed by atoms with van der Waals surface area (Å²) in [5.74, 6) is 0. The molecule has 1 N–H and O–H groups in total. The Morgan fingerprint density at radius 2 is 2.19 bits per heavy atom. The summed E-state index contributed by atoms with van der Waals surface area (Å²) in [5, 5.41) is 8.12. The van der Waals surface area contributed by atoms with Crippen molar-refractivity contribution < 1.29 is 4.74 Å². The lowest BCUT2D eigenvalue weighted by Crippen LogP contribution is -2.46. The smallest absolute Gasteiger partial charge is 0.0644 e. The molecule has 0 radical (unpaired) electrons. The molecule has 0 amide bonds. The fourth-order valence-electron chi connectivity index (χ4n) is 2.41. The van der Waals surface area contributed by atoms with E-state index in [4.69, 9.17) is 4.74 Å². The van der Waals surface area contributed by atoms with Crippen LogP contribution in [0.4, 0.5) is 0 Å². The molecule has 4 heteroatoms. The first-order valence-corrected chi connectivity index (χ1v) is 6.01. The fourth-order valence-corrected chi connectivity index (χ4v) is 2.41. The van der Waals surface area contributed by atoms with Crippen LogP contribution in [0.3, 0.4) is 0 Å². The molecule has 1 aromatic heterocycles. The number of nitrogens with one attached hydrogen (secondary N) is 1. The van der Waals surface area contributed by atoms with Crippen LogP contribution >= 0.6 is 0 Å². The van der Waals surface area contributed by atoms with E-state index in [9.17, 15) is 0 Å². The van der Waals surface area contributed by atoms with Crippen molar-refractivity contribution in [2.24, 2.45) is 0 Å². The van der Waals surface area contributed by atoms with E-state index in [1.54, 1.807) is 0 Å². The van der Waals surface area contributed by atoms with Gasteiger partial charge >= 0.3 is 0 Å². The number of hydrogen-bond acceptors (Lipinski definition) is 3. The van der Waals surface area contributed by atoms with Gasteiger partial charge in [-0.3, -0.25) is 4.68 Å². The van der Waals surface area contributed by atoms with E-state index in [-0.39, 0.29) is 0 Å². The largest absolute Gasteiger partial charge is 0.378 e. The molecule has 1 aromatic rings. The second-order valence-electron chi connectivity index (χ2n) is 4.52. The predicted octanol–water partition coefficient (Wildman–Crippen LogP) is 1.57. The topological polar surface area (TPSA) is 39.1 Å². The van der Waals surface area contributed by atoms with E-state index in [0.717, 1.165) is 25.5 Å². The van der Waals surface area contributed by atoms with Gasteiger partial charge in [-0.15, -0.1) is 0 Å². The monoisotopic (exact) mass is 223 g/mol. The number of nitrogens with zero attached hydrogens (tertiary/aromatic N) is 2. The Morgan fingerprint density at radius 3 is 2.62 bits per heavy atom. The maximum absolute atomic E-state index is 5.18. The Morgan fingerprint density at radius 1 is 1.50 bits per heavy atom. The summed E-state index contributed by atoms with van der Waals surface area (Å²) in [7, 11) is 0. The van der Waals surface area contributed by atoms with Gasteiger partial charge < -0.3 is 10.1 Å². The molecule has 0 aliphatic carbocycles. The van der Waals surface area contributed by atoms with Crippen molar-refractivity contribution in [2.75, 3.05) is 13.2 Å². The third-order valence-corrected chi connectivity index (χ3v) is 3.29. The molecule has 2 heterocycles. The highest BCUT2D eigenvalue weighted by molar-refractivity contribution is 5.28. The van der Waals surface area contributed by atoms with Crippen molar-refractivity contribution in [1.82, 2.24) is 15.1 Å². The van der Waals surface area contributed by atoms with Crippen molar-refractivity contribution in [2.45, 2.75) is 46.3 Å². The summed E-state index contributed by atoms with van der Waals surface area (Å²) in [6.07, 6.45) is 0. The molecule has 16 heavy (non-hydrogen) atoms. The summed E-state index contributed by atoms with van der Waals surface area (Å²) >= 11 is 0. The zero-order valence-corrected chi connectivity index (χ0v) is 10.6. The highest BCUT2D eigenvalue weighted by atomic mass is 16.5. The molecule has 1 atom stereocenters. The minimum absolute atomic E-state index is 0.356. The molecule has 0 saturated carbocycles. The second kappa shape index (κ2) is 4.55. The first-order valence-electron chi connectivity index (χ1n) is 6.01. The molecule has 1 unspecified atom stereocenters. The van der Waals surface area contributed by atoms with Gasteiger partial charge in [-0.1, -0.05) is 0 Å². The third-order valence-electron chi connectivity index (χ3n) is 3.29. The van der Waals surface area contributed by atoms with Gasteiger partial charge in [0.1, 0.15) is 0 Å². The predicted molar refractivity (Wildman–Crippen MR) is 63.5 cm³/mol. The van der Waals surface area contributed by atoms with Gasteiger partial charge in [-0.05, 0) is 27.7 Å². The lowest BCUT2D eigenvalue weighted by atomic mass is 10.0. The van der Waals surface area contributed by atoms with Gasteiger partial charge in [0, 0.05) is 23.8 Å². The van der Waals surface area contributed by atoms with E-state index in [2.05, 4.69) is 42.8 Å². The maximum Gasteiger partial charge on any atom is 0.0644 e. The van der Waals surface area contributed by atoms with Gasteiger partial charge in [-0.25, -0.2) is 0 Å². The molecular formula is C12H21N3O. The zero-order chi connectivity index (χ0) is 11.7. The average molecular weight is 223 g/mol. The summed E-state index contributed by atoms with van der Waals surface area (Å²) in [4.78, 5) is 0. The molecule has 4 nitrogen and oxygen atoms in total. The molecule has 0 aromatic carbocycles. The van der Waals surface area contributed by atoms with Crippen molar-refractivity contribution in [3.05, 3.63) is 17.0 Å². The van der Waals surface area contributed by atoms with Crippen molar-refractivity contribution in [3.63, 3.8) is 0 Å². The SMILES string of the molecule is CCn1nc(C)c(C(C)NC2COC2)c1C. The van der Waals surface area contributed by atoms with Crippen LogP contribution in [0, 0.1) is 13.8 Å². The number of aryl methyl sites for hydroxylation is 2. The van der Waals surface area contributed by atoms with Crippen molar-refractivity contribution in [3.8, 4) is 0 Å². The third kappa shape index (κ3) is 1.99. The average Bonchev–Trinajstić information content (AvgIpc) is 2.47. The first-order chi connectivity index (χ1) is 7.63. The molecule has 1 aliphatic rings. The van der Waals surface area contributed by atoms with Crippen LogP contribution in [-0.2, 0) is 11.3 Å². The van der Waals surface area contributed by atoms with Gasteiger partial charge in [0.25, 0.3) is 0 Å². The Kier molecular flexibility index (Phi) is 3.30. The normalized spacial score (nSPS) is 18.5. The van der Waals surface area contributed by atoms with E-state index in [0.29, 0.717) is 12.1 Å². The van der Waals surface area contributed by atoms with Crippen LogP contribution in [-0.4, -0.2) is 29.0 Å². The van der Waals surface area contributed by atoms with E-state index in [1.807, 2.05) is 0 Å². The molecule has 0 bridgehead atoms. The molecule has 2 rings (SSSR count). The van der Waals surface area contributed by atoms with E-state index in [1.165, 1.54) is 11.3 Å². The van der Waals surface area contributed by atoms with Crippen LogP contribution in [0.2, 0.25) is 0 Å². The first kappa shape index (κ1) is 11.6. The highest BCUT2D eigenvalue weighted by Gasteiger charge is 2.23. The highest BCUT2D eigenvalue weighted by Crippen LogP contribution is 2.22. The molecule has 1 fully saturated rings. The lowest BCUT2D eigenvalue weighted by Gasteiger charge is -2.30. The Labute approximate surface area is 97.0 Å². The molecule has 1 aliphatic heterocycles. The summed E-state index contributed by atoms with van der Waals surface area (Å²) < 4.78 is 7.24. The Bertz CT molecular complexity index is 369. The lowest BCUT2D eigenvalue weighted by molar-refractivity contribution is -0.00931. The fraction of sp³-hybridized carbons (Fsp3) is 0.750. The van der Waals surface area contributed by atoms with Crippen LogP contribution in [0.5, 0.6) is 0 Å². The Hall–Kier alpha value is -0.870. The zero-order valence-electron chi connectivity index (χ0n) is 10.6. The summed E-state index contributed by atoms with van der Waals surface area (Å²) in [5.41, 5.74) is 3.76. The van der Waals surface area contributed by atoms with Gasteiger partial charge in [-0.2, -0.15) is 5.10 Å². The number of aromatic nitrogens is 2. The number of rotatable bonds is 4. The molecule has 90 valence electrons. The molecular weight excluding hydrogens is 202 g/mol. The number of ether oxygens (including phenoxy) is 1. The Balaban J connectivity index is 2.14. The van der Waals surface area contributed by atoms with E-state index < -0.39 is 0 Å². The standard InChI is InChI=1S/C12H21N3O/c1-5-15-10(4)12(9(3)14-15)8(2)13-11-6-16-7-11/h8,11,13H,5-7H2,1-4H3. The second-order valence-corrected chi connectivity index (χ2v) is 4.52. The van der Waals surface area contributed by atoms with Crippen LogP contribution < -0.4 is 5.32 Å². The van der Waals surface area contributed by atoms with Crippen molar-refractivity contribution >= 4 is 0 Å². The maximum atomic E-state index is 5.18. The van der Waals surface area contributed by atoms with Gasteiger partial charge in [0.2, 0.25) is 0 Å². The van der Waals surface area contributed by atoms with Gasteiger partial charge in [0.15, 0.2) is 0 Å². The van der Waals surface area contributed by atoms with Crippen LogP contribution in [0.25, 0.3) is 0 Å². The van der Waals surface area contributed by atoms with Gasteiger partial charge in [0.05, 0.1) is 24.9 Å². The minimum Gasteiger partial charge on any atom is -0.378 e.